The van der Waals surface area contributed by atoms with Crippen LogP contribution in [0.1, 0.15) is 88.0 Å². The number of nitrogens with zero attached hydrogens (tertiary/aromatic N) is 1. The first-order valence-electron chi connectivity index (χ1n) is 8.88. The molecule has 1 heteroatoms. The van der Waals surface area contributed by atoms with Crippen LogP contribution in [0.2, 0.25) is 0 Å². The summed E-state index contributed by atoms with van der Waals surface area (Å²) < 4.78 is 0. The van der Waals surface area contributed by atoms with Gasteiger partial charge in [0.25, 0.3) is 0 Å². The van der Waals surface area contributed by atoms with Gasteiger partial charge in [0.05, 0.1) is 0 Å². The number of hydrogen-bond donors (Lipinski definition) is 0. The van der Waals surface area contributed by atoms with Crippen molar-refractivity contribution in [2.24, 2.45) is 17.3 Å². The van der Waals surface area contributed by atoms with E-state index in [9.17, 15) is 0 Å². The van der Waals surface area contributed by atoms with Crippen LogP contribution in [0.4, 0.5) is 0 Å². The Balaban J connectivity index is 4.79. The van der Waals surface area contributed by atoms with Crippen LogP contribution in [0.25, 0.3) is 0 Å². The minimum atomic E-state index is 0.306. The van der Waals surface area contributed by atoms with Crippen molar-refractivity contribution in [3.8, 4) is 0 Å². The van der Waals surface area contributed by atoms with Gasteiger partial charge in [-0.15, -0.1) is 0 Å². The molecule has 0 radical (unpaired) electrons. The Morgan fingerprint density at radius 2 is 1.35 bits per heavy atom. The van der Waals surface area contributed by atoms with Crippen LogP contribution >= 0.6 is 0 Å². The van der Waals surface area contributed by atoms with E-state index < -0.39 is 0 Å². The molecule has 0 aromatic heterocycles. The number of hydrogen-bond acceptors (Lipinski definition) is 1. The third-order valence-electron chi connectivity index (χ3n) is 5.32. The summed E-state index contributed by atoms with van der Waals surface area (Å²) in [6.07, 6.45) is 5.29. The van der Waals surface area contributed by atoms with Gasteiger partial charge in [0.1, 0.15) is 0 Å². The van der Waals surface area contributed by atoms with Crippen LogP contribution in [0.3, 0.4) is 0 Å². The fourth-order valence-electron chi connectivity index (χ4n) is 4.23. The normalized spacial score (nSPS) is 16.5. The van der Waals surface area contributed by atoms with Crippen molar-refractivity contribution in [2.45, 2.75) is 93.5 Å². The first-order chi connectivity index (χ1) is 9.13. The molecule has 122 valence electrons. The van der Waals surface area contributed by atoms with Gasteiger partial charge in [-0.25, -0.2) is 0 Å². The van der Waals surface area contributed by atoms with E-state index in [0.717, 1.165) is 24.9 Å². The maximum atomic E-state index is 2.61. The van der Waals surface area contributed by atoms with Gasteiger partial charge >= 0.3 is 0 Å². The molecule has 0 aliphatic rings. The van der Waals surface area contributed by atoms with Gasteiger partial charge in [0.15, 0.2) is 0 Å². The first-order valence-corrected chi connectivity index (χ1v) is 8.88. The fraction of sp³-hybridized carbons (Fsp3) is 1.00. The quantitative estimate of drug-likeness (QED) is 0.476. The largest absolute Gasteiger partial charge is 0.299 e. The maximum absolute atomic E-state index is 2.61. The smallest absolute Gasteiger partial charge is 0.0158 e. The molecule has 2 unspecified atom stereocenters. The van der Waals surface area contributed by atoms with E-state index in [2.05, 4.69) is 67.2 Å². The van der Waals surface area contributed by atoms with Crippen molar-refractivity contribution < 1.29 is 0 Å². The molecule has 0 aromatic rings. The highest BCUT2D eigenvalue weighted by Gasteiger charge is 2.34. The van der Waals surface area contributed by atoms with E-state index in [-0.39, 0.29) is 0 Å². The third-order valence-corrected chi connectivity index (χ3v) is 5.32. The van der Waals surface area contributed by atoms with E-state index >= 15 is 0 Å². The van der Waals surface area contributed by atoms with Crippen LogP contribution < -0.4 is 0 Å². The molecule has 1 nitrogen and oxygen atoms in total. The first kappa shape index (κ1) is 20.0. The molecule has 20 heavy (non-hydrogen) atoms. The maximum Gasteiger partial charge on any atom is 0.0158 e. The second-order valence-corrected chi connectivity index (χ2v) is 8.08. The molecule has 0 N–H and O–H groups in total. The Labute approximate surface area is 129 Å². The van der Waals surface area contributed by atoms with Crippen LogP contribution in [0.15, 0.2) is 0 Å². The third kappa shape index (κ3) is 6.16. The molecule has 0 rings (SSSR count). The summed E-state index contributed by atoms with van der Waals surface area (Å²) in [7, 11) is 0. The minimum Gasteiger partial charge on any atom is -0.299 e. The molecule has 2 atom stereocenters. The van der Waals surface area contributed by atoms with Crippen LogP contribution in [0.5, 0.6) is 0 Å². The topological polar surface area (TPSA) is 3.24 Å². The molecule has 0 aliphatic carbocycles. The Morgan fingerprint density at radius 1 is 0.850 bits per heavy atom. The van der Waals surface area contributed by atoms with Gasteiger partial charge < -0.3 is 0 Å². The summed E-state index contributed by atoms with van der Waals surface area (Å²) in [5.41, 5.74) is 0.733. The highest BCUT2D eigenvalue weighted by atomic mass is 15.2. The molecule has 0 heterocycles. The SMILES string of the molecule is CCC(C)C(CC)CC(C)(C)CC(C)(C)N(CC)CC. The van der Waals surface area contributed by atoms with Gasteiger partial charge in [0.2, 0.25) is 0 Å². The van der Waals surface area contributed by atoms with E-state index in [1.54, 1.807) is 0 Å². The van der Waals surface area contributed by atoms with Crippen molar-refractivity contribution in [2.75, 3.05) is 13.1 Å². The van der Waals surface area contributed by atoms with Crippen molar-refractivity contribution in [3.05, 3.63) is 0 Å². The van der Waals surface area contributed by atoms with E-state index in [4.69, 9.17) is 0 Å². The lowest BCUT2D eigenvalue weighted by atomic mass is 9.70. The molecule has 0 fully saturated rings. The van der Waals surface area contributed by atoms with Crippen LogP contribution in [-0.4, -0.2) is 23.5 Å². The summed E-state index contributed by atoms with van der Waals surface area (Å²) >= 11 is 0. The molecular formula is C19H41N. The zero-order valence-electron chi connectivity index (χ0n) is 15.8. The van der Waals surface area contributed by atoms with Crippen molar-refractivity contribution in [1.82, 2.24) is 4.90 Å². The second kappa shape index (κ2) is 8.41. The Morgan fingerprint density at radius 3 is 1.70 bits per heavy atom. The monoisotopic (exact) mass is 283 g/mol. The predicted octanol–water partition coefficient (Wildman–Crippen LogP) is 5.99. The second-order valence-electron chi connectivity index (χ2n) is 8.08. The van der Waals surface area contributed by atoms with Crippen molar-refractivity contribution in [1.29, 1.82) is 0 Å². The van der Waals surface area contributed by atoms with E-state index in [0.29, 0.717) is 11.0 Å². The summed E-state index contributed by atoms with van der Waals surface area (Å²) in [6.45, 7) is 23.8. The average Bonchev–Trinajstić information content (AvgIpc) is 2.34. The van der Waals surface area contributed by atoms with Crippen molar-refractivity contribution in [3.63, 3.8) is 0 Å². The van der Waals surface area contributed by atoms with Crippen molar-refractivity contribution >= 4 is 0 Å². The highest BCUT2D eigenvalue weighted by molar-refractivity contribution is 4.88. The lowest BCUT2D eigenvalue weighted by Crippen LogP contribution is -2.46. The molecule has 0 saturated carbocycles. The fourth-order valence-corrected chi connectivity index (χ4v) is 4.23. The molecule has 0 bridgehead atoms. The molecule has 0 aromatic carbocycles. The van der Waals surface area contributed by atoms with E-state index in [1.165, 1.54) is 25.7 Å². The highest BCUT2D eigenvalue weighted by Crippen LogP contribution is 2.39. The number of rotatable bonds is 10. The zero-order valence-corrected chi connectivity index (χ0v) is 15.8. The summed E-state index contributed by atoms with van der Waals surface area (Å²) in [6, 6.07) is 0. The predicted molar refractivity (Wildman–Crippen MR) is 93.3 cm³/mol. The molecule has 0 spiro atoms. The Bertz CT molecular complexity index is 250. The van der Waals surface area contributed by atoms with Crippen LogP contribution in [-0.2, 0) is 0 Å². The zero-order chi connectivity index (χ0) is 16.0. The van der Waals surface area contributed by atoms with Gasteiger partial charge in [-0.1, -0.05) is 61.3 Å². The lowest BCUT2D eigenvalue weighted by molar-refractivity contribution is 0.0648. The Hall–Kier alpha value is -0.0400. The summed E-state index contributed by atoms with van der Waals surface area (Å²) in [4.78, 5) is 2.61. The van der Waals surface area contributed by atoms with Gasteiger partial charge in [-0.3, -0.25) is 4.90 Å². The molecule has 0 aliphatic heterocycles. The van der Waals surface area contributed by atoms with E-state index in [1.807, 2.05) is 0 Å². The van der Waals surface area contributed by atoms with Gasteiger partial charge in [-0.05, 0) is 57.0 Å². The molecule has 0 amide bonds. The standard InChI is InChI=1S/C19H41N/c1-10-16(5)17(11-2)14-18(6,7)15-19(8,9)20(12-3)13-4/h16-17H,10-15H2,1-9H3. The summed E-state index contributed by atoms with van der Waals surface area (Å²) in [5.74, 6) is 1.73. The molecular weight excluding hydrogens is 242 g/mol. The van der Waals surface area contributed by atoms with Gasteiger partial charge in [-0.2, -0.15) is 0 Å². The lowest BCUT2D eigenvalue weighted by Gasteiger charge is -2.44. The van der Waals surface area contributed by atoms with Crippen LogP contribution in [0, 0.1) is 17.3 Å². The Kier molecular flexibility index (Phi) is 8.40. The minimum absolute atomic E-state index is 0.306. The van der Waals surface area contributed by atoms with Gasteiger partial charge in [0, 0.05) is 5.54 Å². The molecule has 0 saturated heterocycles. The average molecular weight is 284 g/mol. The summed E-state index contributed by atoms with van der Waals surface area (Å²) in [5, 5.41) is 0.